The number of aliphatic carboxylic acids is 1. The van der Waals surface area contributed by atoms with E-state index in [4.69, 9.17) is 19.2 Å². The lowest BCUT2D eigenvalue weighted by Crippen LogP contribution is -2.48. The Morgan fingerprint density at radius 3 is 2.86 bits per heavy atom. The Labute approximate surface area is 252 Å². The van der Waals surface area contributed by atoms with Crippen molar-refractivity contribution in [1.82, 2.24) is 9.88 Å². The van der Waals surface area contributed by atoms with Crippen LogP contribution in [0.1, 0.15) is 42.5 Å². The summed E-state index contributed by atoms with van der Waals surface area (Å²) in [6.45, 7) is 12.8. The number of hydrogen-bond acceptors (Lipinski definition) is 8. The molecular formula is C33H41N3O5S. The molecule has 8 nitrogen and oxygen atoms in total. The van der Waals surface area contributed by atoms with Gasteiger partial charge in [0.25, 0.3) is 0 Å². The minimum atomic E-state index is -0.711. The number of carbonyl (C=O) groups is 1. The fourth-order valence-electron chi connectivity index (χ4n) is 6.23. The summed E-state index contributed by atoms with van der Waals surface area (Å²) in [6, 6.07) is 13.0. The number of hydrogen-bond donors (Lipinski definition) is 1. The van der Waals surface area contributed by atoms with Gasteiger partial charge in [-0.15, -0.1) is 11.3 Å². The molecule has 9 heteroatoms. The number of anilines is 1. The fraction of sp³-hybridized carbons (Fsp3) is 0.515. The van der Waals surface area contributed by atoms with Crippen molar-refractivity contribution in [2.24, 2.45) is 11.3 Å². The first-order chi connectivity index (χ1) is 20.3. The first-order valence-corrected chi connectivity index (χ1v) is 15.9. The number of aryl methyl sites for hydroxylation is 1. The highest BCUT2D eigenvalue weighted by Crippen LogP contribution is 2.40. The maximum atomic E-state index is 11.8. The minimum Gasteiger partial charge on any atom is -0.488 e. The summed E-state index contributed by atoms with van der Waals surface area (Å²) in [4.78, 5) is 21.5. The lowest BCUT2D eigenvalue weighted by Gasteiger charge is -2.41. The minimum absolute atomic E-state index is 0.0363. The van der Waals surface area contributed by atoms with Crippen LogP contribution < -0.4 is 9.64 Å². The highest BCUT2D eigenvalue weighted by atomic mass is 32.1. The average molecular weight is 592 g/mol. The third-order valence-corrected chi connectivity index (χ3v) is 10.1. The summed E-state index contributed by atoms with van der Waals surface area (Å²) in [7, 11) is 0. The highest BCUT2D eigenvalue weighted by Gasteiger charge is 2.43. The van der Waals surface area contributed by atoms with E-state index in [2.05, 4.69) is 52.4 Å². The first kappa shape index (κ1) is 29.1. The molecule has 0 amide bonds. The number of nitrogens with zero attached hydrogens (tertiary/aromatic N) is 3. The van der Waals surface area contributed by atoms with Gasteiger partial charge in [-0.3, -0.25) is 9.69 Å². The van der Waals surface area contributed by atoms with Crippen LogP contribution in [0.3, 0.4) is 0 Å². The van der Waals surface area contributed by atoms with Crippen molar-refractivity contribution in [1.29, 1.82) is 0 Å². The molecule has 0 spiro atoms. The zero-order chi connectivity index (χ0) is 29.3. The highest BCUT2D eigenvalue weighted by molar-refractivity contribution is 7.14. The van der Waals surface area contributed by atoms with Crippen LogP contribution in [-0.2, 0) is 33.8 Å². The topological polar surface area (TPSA) is 84.4 Å². The Kier molecular flexibility index (Phi) is 8.54. The monoisotopic (exact) mass is 591 g/mol. The molecule has 42 heavy (non-hydrogen) atoms. The molecule has 2 saturated heterocycles. The second-order valence-corrected chi connectivity index (χ2v) is 13.1. The summed E-state index contributed by atoms with van der Waals surface area (Å²) in [5, 5.41) is 12.8. The standard InChI is InChI=1S/C33H41N3O5S/c1-22-4-7-30(28(14-22)29-21-42-32(34-29)36-11-9-33(3,31(37)38)23(2)16-36)41-19-24-5-6-26-17-35(10-8-25(26)15-24)18-27-20-39-12-13-40-27/h4-7,14-15,21,23,27H,8-13,16-20H2,1-3H3,(H,37,38)/t23-,27?,33-/m0/s1. The quantitative estimate of drug-likeness (QED) is 0.373. The maximum Gasteiger partial charge on any atom is 0.309 e. The number of fused-ring (bicyclic) bond motifs is 1. The van der Waals surface area contributed by atoms with Crippen LogP contribution in [0.15, 0.2) is 41.8 Å². The second kappa shape index (κ2) is 12.3. The van der Waals surface area contributed by atoms with E-state index in [0.29, 0.717) is 45.9 Å². The largest absolute Gasteiger partial charge is 0.488 e. The van der Waals surface area contributed by atoms with Crippen molar-refractivity contribution in [2.75, 3.05) is 50.9 Å². The Balaban J connectivity index is 1.11. The zero-order valence-corrected chi connectivity index (χ0v) is 25.6. The van der Waals surface area contributed by atoms with E-state index >= 15 is 0 Å². The predicted molar refractivity (Wildman–Crippen MR) is 164 cm³/mol. The molecule has 3 aliphatic rings. The van der Waals surface area contributed by atoms with Gasteiger partial charge in [0.15, 0.2) is 5.13 Å². The van der Waals surface area contributed by atoms with E-state index in [-0.39, 0.29) is 12.0 Å². The molecule has 224 valence electrons. The molecule has 0 radical (unpaired) electrons. The molecule has 0 saturated carbocycles. The lowest BCUT2D eigenvalue weighted by atomic mass is 9.73. The van der Waals surface area contributed by atoms with Crippen LogP contribution in [0.5, 0.6) is 5.75 Å². The molecule has 2 fully saturated rings. The van der Waals surface area contributed by atoms with Crippen molar-refractivity contribution in [3.8, 4) is 17.0 Å². The molecule has 2 aromatic carbocycles. The van der Waals surface area contributed by atoms with Gasteiger partial charge in [0, 0.05) is 43.7 Å². The molecule has 3 aliphatic heterocycles. The molecule has 0 aliphatic carbocycles. The Morgan fingerprint density at radius 2 is 2.07 bits per heavy atom. The van der Waals surface area contributed by atoms with E-state index in [0.717, 1.165) is 53.8 Å². The van der Waals surface area contributed by atoms with Crippen LogP contribution in [0.4, 0.5) is 5.13 Å². The first-order valence-electron chi connectivity index (χ1n) is 15.0. The van der Waals surface area contributed by atoms with Gasteiger partial charge in [-0.2, -0.15) is 0 Å². The molecule has 1 unspecified atom stereocenters. The number of piperidine rings is 1. The van der Waals surface area contributed by atoms with Crippen LogP contribution >= 0.6 is 11.3 Å². The summed E-state index contributed by atoms with van der Waals surface area (Å²) in [5.41, 5.74) is 6.29. The van der Waals surface area contributed by atoms with Gasteiger partial charge < -0.3 is 24.2 Å². The van der Waals surface area contributed by atoms with E-state index in [1.807, 2.05) is 19.9 Å². The molecule has 0 bridgehead atoms. The van der Waals surface area contributed by atoms with Crippen molar-refractivity contribution >= 4 is 22.4 Å². The van der Waals surface area contributed by atoms with E-state index in [1.165, 1.54) is 16.7 Å². The number of aromatic nitrogens is 1. The predicted octanol–water partition coefficient (Wildman–Crippen LogP) is 5.41. The molecule has 3 atom stereocenters. The average Bonchev–Trinajstić information content (AvgIpc) is 3.48. The van der Waals surface area contributed by atoms with Gasteiger partial charge >= 0.3 is 5.97 Å². The van der Waals surface area contributed by atoms with Crippen LogP contribution in [0.2, 0.25) is 0 Å². The molecule has 1 N–H and O–H groups in total. The van der Waals surface area contributed by atoms with Gasteiger partial charge in [0.2, 0.25) is 0 Å². The van der Waals surface area contributed by atoms with Crippen LogP contribution in [-0.4, -0.2) is 73.1 Å². The van der Waals surface area contributed by atoms with E-state index < -0.39 is 11.4 Å². The van der Waals surface area contributed by atoms with Gasteiger partial charge in [0.05, 0.1) is 37.0 Å². The fourth-order valence-corrected chi connectivity index (χ4v) is 7.10. The zero-order valence-electron chi connectivity index (χ0n) is 24.8. The number of carboxylic acids is 1. The van der Waals surface area contributed by atoms with Crippen LogP contribution in [0.25, 0.3) is 11.3 Å². The number of carboxylic acid groups (broad SMARTS) is 1. The lowest BCUT2D eigenvalue weighted by molar-refractivity contribution is -0.152. The number of rotatable bonds is 8. The van der Waals surface area contributed by atoms with Gasteiger partial charge in [0.1, 0.15) is 12.4 Å². The normalized spacial score (nSPS) is 24.8. The van der Waals surface area contributed by atoms with Crippen LogP contribution in [0, 0.1) is 18.3 Å². The maximum absolute atomic E-state index is 11.8. The summed E-state index contributed by atoms with van der Waals surface area (Å²) >= 11 is 1.61. The Bertz CT molecular complexity index is 1420. The van der Waals surface area contributed by atoms with E-state index in [1.54, 1.807) is 11.3 Å². The SMILES string of the molecule is Cc1ccc(OCc2ccc3c(c2)CCN(CC2COCCO2)C3)c(-c2csc(N3CC[C@](C)(C(=O)O)[C@@H](C)C3)n2)c1. The third-order valence-electron chi connectivity index (χ3n) is 9.25. The second-order valence-electron chi connectivity index (χ2n) is 12.3. The van der Waals surface area contributed by atoms with Crippen molar-refractivity contribution in [2.45, 2.75) is 52.9 Å². The summed E-state index contributed by atoms with van der Waals surface area (Å²) < 4.78 is 17.8. The summed E-state index contributed by atoms with van der Waals surface area (Å²) in [5.74, 6) is 0.146. The van der Waals surface area contributed by atoms with E-state index in [9.17, 15) is 9.90 Å². The smallest absolute Gasteiger partial charge is 0.309 e. The molecular weight excluding hydrogens is 550 g/mol. The summed E-state index contributed by atoms with van der Waals surface area (Å²) in [6.07, 6.45) is 1.80. The molecule has 1 aromatic heterocycles. The molecule has 3 aromatic rings. The van der Waals surface area contributed by atoms with Crippen molar-refractivity contribution in [3.05, 3.63) is 64.0 Å². The van der Waals surface area contributed by atoms with Gasteiger partial charge in [-0.25, -0.2) is 4.98 Å². The Morgan fingerprint density at radius 1 is 1.19 bits per heavy atom. The third kappa shape index (κ3) is 6.20. The van der Waals surface area contributed by atoms with Crippen molar-refractivity contribution < 1.29 is 24.1 Å². The van der Waals surface area contributed by atoms with Gasteiger partial charge in [-0.1, -0.05) is 36.8 Å². The number of ether oxygens (including phenoxy) is 3. The van der Waals surface area contributed by atoms with Crippen molar-refractivity contribution in [3.63, 3.8) is 0 Å². The number of benzene rings is 2. The number of thiazole rings is 1. The molecule has 6 rings (SSSR count). The van der Waals surface area contributed by atoms with Gasteiger partial charge in [-0.05, 0) is 61.4 Å². The molecule has 4 heterocycles. The Hall–Kier alpha value is -2.98.